The van der Waals surface area contributed by atoms with E-state index < -0.39 is 5.79 Å². The Kier molecular flexibility index (Phi) is 5.06. The van der Waals surface area contributed by atoms with Crippen molar-refractivity contribution in [2.75, 3.05) is 38.2 Å². The van der Waals surface area contributed by atoms with Crippen LogP contribution in [-0.2, 0) is 20.7 Å². The second-order valence-corrected chi connectivity index (χ2v) is 7.44. The van der Waals surface area contributed by atoms with Crippen molar-refractivity contribution in [3.63, 3.8) is 0 Å². The molecule has 1 spiro atoms. The molecular formula is C20H28N2O3. The first-order chi connectivity index (χ1) is 12.3. The summed E-state index contributed by atoms with van der Waals surface area (Å²) in [4.78, 5) is 15.2. The average molecular weight is 344 g/mol. The normalized spacial score (nSPS) is 25.7. The maximum absolute atomic E-state index is 12.7. The minimum absolute atomic E-state index is 0.0178. The van der Waals surface area contributed by atoms with Gasteiger partial charge in [-0.1, -0.05) is 12.1 Å². The lowest BCUT2D eigenvalue weighted by Crippen LogP contribution is -2.41. The van der Waals surface area contributed by atoms with Gasteiger partial charge in [0.25, 0.3) is 0 Å². The summed E-state index contributed by atoms with van der Waals surface area (Å²) in [5, 5.41) is 3.05. The molecule has 1 aromatic carbocycles. The smallest absolute Gasteiger partial charge is 0.232 e. The van der Waals surface area contributed by atoms with Crippen LogP contribution in [0.3, 0.4) is 0 Å². The van der Waals surface area contributed by atoms with Gasteiger partial charge in [-0.05, 0) is 62.9 Å². The first-order valence-electron chi connectivity index (χ1n) is 9.65. The Bertz CT molecular complexity index is 584. The zero-order valence-electron chi connectivity index (χ0n) is 14.8. The summed E-state index contributed by atoms with van der Waals surface area (Å²) in [5.74, 6) is -0.853. The molecule has 0 unspecified atom stereocenters. The molecule has 4 rings (SSSR count). The van der Waals surface area contributed by atoms with Gasteiger partial charge in [0.15, 0.2) is 5.79 Å². The third-order valence-electron chi connectivity index (χ3n) is 5.78. The summed E-state index contributed by atoms with van der Waals surface area (Å²) in [5.41, 5.74) is 2.18. The predicted octanol–water partition coefficient (Wildman–Crippen LogP) is 2.81. The van der Waals surface area contributed by atoms with E-state index in [4.69, 9.17) is 9.47 Å². The number of rotatable bonds is 5. The van der Waals surface area contributed by atoms with E-state index in [1.54, 1.807) is 0 Å². The first kappa shape index (κ1) is 17.0. The molecule has 1 aliphatic carbocycles. The van der Waals surface area contributed by atoms with E-state index in [2.05, 4.69) is 22.3 Å². The van der Waals surface area contributed by atoms with Crippen molar-refractivity contribution < 1.29 is 14.3 Å². The van der Waals surface area contributed by atoms with E-state index >= 15 is 0 Å². The summed E-state index contributed by atoms with van der Waals surface area (Å²) in [6, 6.07) is 8.27. The number of anilines is 1. The summed E-state index contributed by atoms with van der Waals surface area (Å²) < 4.78 is 11.6. The van der Waals surface area contributed by atoms with Gasteiger partial charge in [0.05, 0.1) is 19.1 Å². The van der Waals surface area contributed by atoms with Crippen LogP contribution in [0.15, 0.2) is 24.3 Å². The maximum Gasteiger partial charge on any atom is 0.232 e. The Morgan fingerprint density at radius 1 is 1.12 bits per heavy atom. The van der Waals surface area contributed by atoms with Crippen molar-refractivity contribution in [2.45, 2.75) is 44.3 Å². The molecule has 1 N–H and O–H groups in total. The van der Waals surface area contributed by atoms with E-state index in [1.165, 1.54) is 31.5 Å². The second-order valence-electron chi connectivity index (χ2n) is 7.44. The van der Waals surface area contributed by atoms with Gasteiger partial charge >= 0.3 is 0 Å². The van der Waals surface area contributed by atoms with Crippen molar-refractivity contribution in [3.8, 4) is 0 Å². The number of carbonyl (C=O) groups excluding carboxylic acids is 1. The van der Waals surface area contributed by atoms with Gasteiger partial charge in [0.1, 0.15) is 0 Å². The highest BCUT2D eigenvalue weighted by molar-refractivity contribution is 5.93. The van der Waals surface area contributed by atoms with Gasteiger partial charge < -0.3 is 19.7 Å². The highest BCUT2D eigenvalue weighted by Gasteiger charge is 2.51. The summed E-state index contributed by atoms with van der Waals surface area (Å²) >= 11 is 0. The zero-order valence-corrected chi connectivity index (χ0v) is 14.8. The Labute approximate surface area is 149 Å². The largest absolute Gasteiger partial charge is 0.347 e. The van der Waals surface area contributed by atoms with E-state index in [0.29, 0.717) is 13.2 Å². The van der Waals surface area contributed by atoms with Crippen LogP contribution < -0.4 is 5.32 Å². The lowest BCUT2D eigenvalue weighted by molar-refractivity contribution is -0.184. The summed E-state index contributed by atoms with van der Waals surface area (Å²) in [6.07, 6.45) is 6.37. The van der Waals surface area contributed by atoms with Crippen LogP contribution in [0, 0.1) is 5.92 Å². The monoisotopic (exact) mass is 344 g/mol. The van der Waals surface area contributed by atoms with E-state index in [-0.39, 0.29) is 11.8 Å². The minimum atomic E-state index is -0.667. The maximum atomic E-state index is 12.7. The van der Waals surface area contributed by atoms with Gasteiger partial charge in [0.2, 0.25) is 5.91 Å². The van der Waals surface area contributed by atoms with Crippen molar-refractivity contribution >= 4 is 11.6 Å². The molecule has 25 heavy (non-hydrogen) atoms. The third-order valence-corrected chi connectivity index (χ3v) is 5.78. The van der Waals surface area contributed by atoms with Crippen molar-refractivity contribution in [1.82, 2.24) is 4.90 Å². The predicted molar refractivity (Wildman–Crippen MR) is 96.4 cm³/mol. The number of carbonyl (C=O) groups is 1. The highest BCUT2D eigenvalue weighted by Crippen LogP contribution is 2.42. The zero-order chi connectivity index (χ0) is 17.1. The van der Waals surface area contributed by atoms with Gasteiger partial charge in [-0.25, -0.2) is 0 Å². The Hall–Kier alpha value is -1.43. The summed E-state index contributed by atoms with van der Waals surface area (Å²) in [7, 11) is 0. The number of likely N-dealkylation sites (tertiary alicyclic amines) is 1. The number of hydrogen-bond acceptors (Lipinski definition) is 4. The molecule has 3 fully saturated rings. The number of nitrogens with zero attached hydrogens (tertiary/aromatic N) is 1. The van der Waals surface area contributed by atoms with Crippen molar-refractivity contribution in [1.29, 1.82) is 0 Å². The molecule has 0 aromatic heterocycles. The number of benzene rings is 1. The Balaban J connectivity index is 1.32. The fourth-order valence-corrected chi connectivity index (χ4v) is 4.37. The Morgan fingerprint density at radius 2 is 1.84 bits per heavy atom. The van der Waals surface area contributed by atoms with E-state index in [9.17, 15) is 4.79 Å². The molecule has 2 heterocycles. The molecule has 2 aliphatic heterocycles. The molecule has 1 saturated carbocycles. The third kappa shape index (κ3) is 3.73. The van der Waals surface area contributed by atoms with Crippen LogP contribution in [0.5, 0.6) is 0 Å². The van der Waals surface area contributed by atoms with Gasteiger partial charge in [-0.2, -0.15) is 0 Å². The lowest BCUT2D eigenvalue weighted by atomic mass is 10.0. The lowest BCUT2D eigenvalue weighted by Gasteiger charge is -2.28. The average Bonchev–Trinajstić information content (AvgIpc) is 3.38. The molecule has 0 bridgehead atoms. The van der Waals surface area contributed by atoms with E-state index in [0.717, 1.165) is 37.9 Å². The van der Waals surface area contributed by atoms with Gasteiger partial charge in [-0.3, -0.25) is 4.79 Å². The minimum Gasteiger partial charge on any atom is -0.347 e. The number of ether oxygens (including phenoxy) is 2. The van der Waals surface area contributed by atoms with Gasteiger partial charge in [0, 0.05) is 18.7 Å². The SMILES string of the molecule is O=C(Nc1ccc(CCN2CCCC2)cc1)[C@@H]1CCCC12OCCO2. The van der Waals surface area contributed by atoms with Crippen LogP contribution >= 0.6 is 0 Å². The molecule has 5 heteroatoms. The molecule has 0 radical (unpaired) electrons. The summed E-state index contributed by atoms with van der Waals surface area (Å²) in [6.45, 7) is 4.79. The molecule has 5 nitrogen and oxygen atoms in total. The van der Waals surface area contributed by atoms with Gasteiger partial charge in [-0.15, -0.1) is 0 Å². The van der Waals surface area contributed by atoms with Crippen LogP contribution in [0.2, 0.25) is 0 Å². The fourth-order valence-electron chi connectivity index (χ4n) is 4.37. The molecule has 136 valence electrons. The quantitative estimate of drug-likeness (QED) is 0.892. The van der Waals surface area contributed by atoms with Crippen molar-refractivity contribution in [2.24, 2.45) is 5.92 Å². The second kappa shape index (κ2) is 7.44. The van der Waals surface area contributed by atoms with Crippen LogP contribution in [0.4, 0.5) is 5.69 Å². The molecule has 1 amide bonds. The van der Waals surface area contributed by atoms with Crippen molar-refractivity contribution in [3.05, 3.63) is 29.8 Å². The molecule has 3 aliphatic rings. The fraction of sp³-hybridized carbons (Fsp3) is 0.650. The van der Waals surface area contributed by atoms with Crippen LogP contribution in [0.25, 0.3) is 0 Å². The Morgan fingerprint density at radius 3 is 2.56 bits per heavy atom. The number of hydrogen-bond donors (Lipinski definition) is 1. The number of nitrogens with one attached hydrogen (secondary N) is 1. The van der Waals surface area contributed by atoms with Crippen LogP contribution in [0.1, 0.15) is 37.7 Å². The van der Waals surface area contributed by atoms with Crippen LogP contribution in [-0.4, -0.2) is 49.4 Å². The standard InChI is InChI=1S/C20H28N2O3/c23-19(18-4-3-10-20(18)24-14-15-25-20)21-17-7-5-16(6-8-17)9-13-22-11-1-2-12-22/h5-8,18H,1-4,9-15H2,(H,21,23)/t18-/m0/s1. The first-order valence-corrected chi connectivity index (χ1v) is 9.65. The molecular weight excluding hydrogens is 316 g/mol. The molecule has 1 aromatic rings. The number of amides is 1. The van der Waals surface area contributed by atoms with E-state index in [1.807, 2.05) is 12.1 Å². The molecule has 2 saturated heterocycles. The topological polar surface area (TPSA) is 50.8 Å². The highest BCUT2D eigenvalue weighted by atomic mass is 16.7. The molecule has 1 atom stereocenters.